The van der Waals surface area contributed by atoms with E-state index in [-0.39, 0.29) is 5.82 Å². The molecular formula is C17H27FN2O. The molecule has 1 aromatic rings. The highest BCUT2D eigenvalue weighted by Gasteiger charge is 2.28. The van der Waals surface area contributed by atoms with Crippen LogP contribution in [-0.2, 0) is 0 Å². The maximum Gasteiger partial charge on any atom is 0.126 e. The van der Waals surface area contributed by atoms with Gasteiger partial charge in [-0.1, -0.05) is 13.8 Å². The van der Waals surface area contributed by atoms with Crippen molar-refractivity contribution in [1.82, 2.24) is 4.90 Å². The Bertz CT molecular complexity index is 486. The van der Waals surface area contributed by atoms with Gasteiger partial charge < -0.3 is 10.0 Å². The molecule has 1 unspecified atom stereocenters. The third-order valence-electron chi connectivity index (χ3n) is 4.59. The van der Waals surface area contributed by atoms with Gasteiger partial charge >= 0.3 is 0 Å². The number of anilines is 1. The Morgan fingerprint density at radius 2 is 2.05 bits per heavy atom. The normalized spacial score (nSPS) is 20.3. The zero-order valence-electron chi connectivity index (χ0n) is 13.6. The minimum absolute atomic E-state index is 0.242. The number of aliphatic hydroxyl groups excluding tert-OH is 1. The van der Waals surface area contributed by atoms with E-state index in [1.165, 1.54) is 6.07 Å². The summed E-state index contributed by atoms with van der Waals surface area (Å²) in [5.74, 6) is -0.242. The Labute approximate surface area is 127 Å². The molecule has 1 heterocycles. The topological polar surface area (TPSA) is 26.7 Å². The lowest BCUT2D eigenvalue weighted by Gasteiger charge is -2.28. The molecule has 118 valence electrons. The van der Waals surface area contributed by atoms with Gasteiger partial charge in [0.1, 0.15) is 5.82 Å². The highest BCUT2D eigenvalue weighted by atomic mass is 19.1. The molecule has 0 radical (unpaired) electrons. The fraction of sp³-hybridized carbons (Fsp3) is 0.647. The minimum atomic E-state index is -0.650. The van der Waals surface area contributed by atoms with Crippen molar-refractivity contribution in [2.24, 2.45) is 0 Å². The minimum Gasteiger partial charge on any atom is -0.389 e. The van der Waals surface area contributed by atoms with Crippen molar-refractivity contribution in [3.8, 4) is 0 Å². The van der Waals surface area contributed by atoms with Crippen LogP contribution in [0.5, 0.6) is 0 Å². The maximum atomic E-state index is 13.8. The number of halogens is 1. The van der Waals surface area contributed by atoms with E-state index >= 15 is 0 Å². The highest BCUT2D eigenvalue weighted by Crippen LogP contribution is 2.32. The van der Waals surface area contributed by atoms with Crippen molar-refractivity contribution < 1.29 is 9.50 Å². The first-order valence-electron chi connectivity index (χ1n) is 7.95. The number of hydrogen-bond acceptors (Lipinski definition) is 3. The van der Waals surface area contributed by atoms with Gasteiger partial charge in [-0.15, -0.1) is 0 Å². The maximum absolute atomic E-state index is 13.8. The van der Waals surface area contributed by atoms with E-state index in [4.69, 9.17) is 0 Å². The van der Waals surface area contributed by atoms with Crippen LogP contribution >= 0.6 is 0 Å². The number of hydrogen-bond donors (Lipinski definition) is 1. The van der Waals surface area contributed by atoms with E-state index in [9.17, 15) is 9.50 Å². The molecule has 1 aromatic carbocycles. The van der Waals surface area contributed by atoms with Crippen molar-refractivity contribution in [3.05, 3.63) is 29.1 Å². The quantitative estimate of drug-likeness (QED) is 0.904. The molecule has 1 aliphatic rings. The predicted octanol–water partition coefficient (Wildman–Crippen LogP) is 3.11. The lowest BCUT2D eigenvalue weighted by molar-refractivity contribution is 0.199. The summed E-state index contributed by atoms with van der Waals surface area (Å²) in [6.07, 6.45) is 0.472. The Balaban J connectivity index is 2.25. The van der Waals surface area contributed by atoms with Gasteiger partial charge in [-0.3, -0.25) is 4.90 Å². The molecule has 4 heteroatoms. The summed E-state index contributed by atoms with van der Waals surface area (Å²) < 4.78 is 13.8. The van der Waals surface area contributed by atoms with E-state index < -0.39 is 6.10 Å². The Morgan fingerprint density at radius 3 is 2.62 bits per heavy atom. The molecule has 0 aromatic heterocycles. The lowest BCUT2D eigenvalue weighted by Crippen LogP contribution is -2.37. The smallest absolute Gasteiger partial charge is 0.126 e. The Kier molecular flexibility index (Phi) is 5.22. The van der Waals surface area contributed by atoms with Crippen LogP contribution in [-0.4, -0.2) is 42.2 Å². The van der Waals surface area contributed by atoms with Crippen LogP contribution < -0.4 is 4.90 Å². The number of likely N-dealkylation sites (N-methyl/N-ethyl adjacent to an activating group) is 1. The van der Waals surface area contributed by atoms with Crippen LogP contribution in [0.3, 0.4) is 0 Å². The average molecular weight is 294 g/mol. The van der Waals surface area contributed by atoms with Gasteiger partial charge in [0.15, 0.2) is 0 Å². The molecule has 1 N–H and O–H groups in total. The van der Waals surface area contributed by atoms with Crippen LogP contribution in [0, 0.1) is 12.7 Å². The van der Waals surface area contributed by atoms with E-state index in [0.29, 0.717) is 17.2 Å². The first-order chi connectivity index (χ1) is 9.97. The molecule has 1 fully saturated rings. The van der Waals surface area contributed by atoms with Crippen LogP contribution in [0.2, 0.25) is 0 Å². The molecule has 21 heavy (non-hydrogen) atoms. The van der Waals surface area contributed by atoms with Gasteiger partial charge in [0.2, 0.25) is 0 Å². The largest absolute Gasteiger partial charge is 0.389 e. The molecule has 1 aliphatic heterocycles. The van der Waals surface area contributed by atoms with E-state index in [2.05, 4.69) is 23.6 Å². The van der Waals surface area contributed by atoms with Crippen molar-refractivity contribution in [3.63, 3.8) is 0 Å². The molecule has 2 atom stereocenters. The Morgan fingerprint density at radius 1 is 1.38 bits per heavy atom. The second-order valence-electron chi connectivity index (χ2n) is 5.95. The molecule has 0 amide bonds. The van der Waals surface area contributed by atoms with Gasteiger partial charge in [-0.05, 0) is 51.1 Å². The fourth-order valence-electron chi connectivity index (χ4n) is 3.29. The molecule has 1 saturated heterocycles. The van der Waals surface area contributed by atoms with E-state index in [1.807, 2.05) is 6.07 Å². The molecule has 0 spiro atoms. The van der Waals surface area contributed by atoms with E-state index in [0.717, 1.165) is 38.3 Å². The van der Waals surface area contributed by atoms with E-state index in [1.54, 1.807) is 13.8 Å². The number of aliphatic hydroxyl groups is 1. The summed E-state index contributed by atoms with van der Waals surface area (Å²) >= 11 is 0. The highest BCUT2D eigenvalue weighted by molar-refractivity contribution is 5.57. The second-order valence-corrected chi connectivity index (χ2v) is 5.95. The van der Waals surface area contributed by atoms with Crippen LogP contribution in [0.25, 0.3) is 0 Å². The number of nitrogens with zero attached hydrogens (tertiary/aromatic N) is 2. The van der Waals surface area contributed by atoms with Gasteiger partial charge in [-0.25, -0.2) is 4.39 Å². The lowest BCUT2D eigenvalue weighted by atomic mass is 10.0. The van der Waals surface area contributed by atoms with Crippen molar-refractivity contribution in [2.45, 2.75) is 46.3 Å². The first kappa shape index (κ1) is 16.2. The third-order valence-corrected chi connectivity index (χ3v) is 4.59. The van der Waals surface area contributed by atoms with Crippen LogP contribution in [0.4, 0.5) is 10.1 Å². The summed E-state index contributed by atoms with van der Waals surface area (Å²) in [6.45, 7) is 11.9. The van der Waals surface area contributed by atoms with Crippen LogP contribution in [0.15, 0.2) is 12.1 Å². The zero-order chi connectivity index (χ0) is 15.6. The van der Waals surface area contributed by atoms with Gasteiger partial charge in [0.05, 0.1) is 6.10 Å². The van der Waals surface area contributed by atoms with Gasteiger partial charge in [0.25, 0.3) is 0 Å². The average Bonchev–Trinajstić information content (AvgIpc) is 2.92. The number of benzene rings is 1. The fourth-order valence-corrected chi connectivity index (χ4v) is 3.29. The molecule has 0 aliphatic carbocycles. The van der Waals surface area contributed by atoms with Gasteiger partial charge in [0, 0.05) is 30.4 Å². The first-order valence-corrected chi connectivity index (χ1v) is 7.95. The second kappa shape index (κ2) is 6.75. The van der Waals surface area contributed by atoms with Crippen molar-refractivity contribution >= 4 is 5.69 Å². The molecular weight excluding hydrogens is 267 g/mol. The predicted molar refractivity (Wildman–Crippen MR) is 85.3 cm³/mol. The Hall–Kier alpha value is -1.13. The summed E-state index contributed by atoms with van der Waals surface area (Å²) in [7, 11) is 0. The monoisotopic (exact) mass is 294 g/mol. The SMILES string of the molecule is CCN(CC)C1CCN(c2cc(C)c(F)cc2[C@H](C)O)C1. The molecule has 3 nitrogen and oxygen atoms in total. The zero-order valence-corrected chi connectivity index (χ0v) is 13.6. The molecule has 0 saturated carbocycles. The number of aryl methyl sites for hydroxylation is 1. The van der Waals surface area contributed by atoms with Crippen LogP contribution in [0.1, 0.15) is 44.4 Å². The molecule has 0 bridgehead atoms. The van der Waals surface area contributed by atoms with Gasteiger partial charge in [-0.2, -0.15) is 0 Å². The standard InChI is InChI=1S/C17H27FN2O/c1-5-19(6-2)14-7-8-20(11-14)17-9-12(3)16(18)10-15(17)13(4)21/h9-10,13-14,21H,5-8,11H2,1-4H3/t13-,14?/m0/s1. The summed E-state index contributed by atoms with van der Waals surface area (Å²) in [5, 5.41) is 9.94. The summed E-state index contributed by atoms with van der Waals surface area (Å²) in [5.41, 5.74) is 2.32. The summed E-state index contributed by atoms with van der Waals surface area (Å²) in [4.78, 5) is 4.76. The molecule has 2 rings (SSSR count). The van der Waals surface area contributed by atoms with Crippen molar-refractivity contribution in [1.29, 1.82) is 0 Å². The number of rotatable bonds is 5. The third kappa shape index (κ3) is 3.38. The summed E-state index contributed by atoms with van der Waals surface area (Å²) in [6, 6.07) is 3.91. The van der Waals surface area contributed by atoms with Crippen molar-refractivity contribution in [2.75, 3.05) is 31.1 Å².